The number of aryl methyl sites for hydroxylation is 1. The van der Waals surface area contributed by atoms with Crippen LogP contribution in [0.3, 0.4) is 0 Å². The van der Waals surface area contributed by atoms with Gasteiger partial charge in [-0.05, 0) is 54.7 Å². The lowest BCUT2D eigenvalue weighted by molar-refractivity contribution is 0.913. The lowest BCUT2D eigenvalue weighted by atomic mass is 9.97. The van der Waals surface area contributed by atoms with Crippen LogP contribution in [0.5, 0.6) is 0 Å². The zero-order valence-corrected chi connectivity index (χ0v) is 14.2. The van der Waals surface area contributed by atoms with Gasteiger partial charge in [0.25, 0.3) is 0 Å². The van der Waals surface area contributed by atoms with Crippen molar-refractivity contribution < 1.29 is 0 Å². The molecule has 2 aromatic carbocycles. The first-order chi connectivity index (χ1) is 11.7. The van der Waals surface area contributed by atoms with E-state index in [-0.39, 0.29) is 0 Å². The largest absolute Gasteiger partial charge is 0.278 e. The molecule has 0 spiro atoms. The Morgan fingerprint density at radius 2 is 1.83 bits per heavy atom. The summed E-state index contributed by atoms with van der Waals surface area (Å²) in [6.45, 7) is 0. The second-order valence-corrected chi connectivity index (χ2v) is 7.01. The van der Waals surface area contributed by atoms with Crippen LogP contribution in [0.2, 0.25) is 10.0 Å². The predicted molar refractivity (Wildman–Crippen MR) is 98.9 cm³/mol. The van der Waals surface area contributed by atoms with Crippen LogP contribution in [0.25, 0.3) is 33.1 Å². The van der Waals surface area contributed by atoms with E-state index in [1.54, 1.807) is 0 Å². The maximum Gasteiger partial charge on any atom is 0.0744 e. The van der Waals surface area contributed by atoms with Crippen LogP contribution in [0, 0.1) is 0 Å². The summed E-state index contributed by atoms with van der Waals surface area (Å²) in [6.07, 6.45) is 5.17. The van der Waals surface area contributed by atoms with Gasteiger partial charge in [0.05, 0.1) is 33.0 Å². The van der Waals surface area contributed by atoms with Gasteiger partial charge in [0, 0.05) is 16.3 Å². The average Bonchev–Trinajstić information content (AvgIpc) is 3.24. The molecule has 0 atom stereocenters. The van der Waals surface area contributed by atoms with Gasteiger partial charge in [0.1, 0.15) is 0 Å². The van der Waals surface area contributed by atoms with Gasteiger partial charge in [-0.2, -0.15) is 5.10 Å². The van der Waals surface area contributed by atoms with Crippen LogP contribution >= 0.6 is 23.2 Å². The Morgan fingerprint density at radius 3 is 2.71 bits per heavy atom. The molecule has 0 radical (unpaired) electrons. The fourth-order valence-corrected chi connectivity index (χ4v) is 4.07. The van der Waals surface area contributed by atoms with Crippen molar-refractivity contribution in [3.8, 4) is 11.3 Å². The molecule has 0 aliphatic heterocycles. The zero-order chi connectivity index (χ0) is 16.3. The number of H-pyrrole nitrogens is 1. The fraction of sp³-hybridized carbons (Fsp3) is 0.158. The van der Waals surface area contributed by atoms with Crippen molar-refractivity contribution in [2.45, 2.75) is 19.3 Å². The molecule has 24 heavy (non-hydrogen) atoms. The van der Waals surface area contributed by atoms with Crippen molar-refractivity contribution in [2.24, 2.45) is 0 Å². The lowest BCUT2D eigenvalue weighted by Gasteiger charge is -2.13. The van der Waals surface area contributed by atoms with Crippen molar-refractivity contribution in [3.63, 3.8) is 0 Å². The molecule has 5 rings (SSSR count). The molecule has 1 aliphatic carbocycles. The maximum atomic E-state index is 6.22. The molecular formula is C19H13Cl2N3. The minimum absolute atomic E-state index is 0.563. The standard InChI is InChI=1S/C19H13Cl2N3/c20-14-5-4-10(8-15(14)21)19-12-3-1-2-11(12)18-13-9-22-24-16(13)6-7-17(18)23-19/h4-9H,1-3H2,(H,22,24). The predicted octanol–water partition coefficient (Wildman–Crippen LogP) is 5.57. The molecule has 2 aromatic heterocycles. The molecule has 0 amide bonds. The zero-order valence-electron chi connectivity index (χ0n) is 12.7. The van der Waals surface area contributed by atoms with E-state index in [2.05, 4.69) is 16.3 Å². The number of benzene rings is 2. The van der Waals surface area contributed by atoms with Gasteiger partial charge in [0.15, 0.2) is 0 Å². The van der Waals surface area contributed by atoms with Gasteiger partial charge >= 0.3 is 0 Å². The summed E-state index contributed by atoms with van der Waals surface area (Å²) in [4.78, 5) is 4.97. The van der Waals surface area contributed by atoms with E-state index < -0.39 is 0 Å². The van der Waals surface area contributed by atoms with Gasteiger partial charge in [-0.3, -0.25) is 5.10 Å². The first kappa shape index (κ1) is 14.3. The average molecular weight is 354 g/mol. The summed E-state index contributed by atoms with van der Waals surface area (Å²) in [5.41, 5.74) is 6.84. The van der Waals surface area contributed by atoms with E-state index in [9.17, 15) is 0 Å². The number of fused-ring (bicyclic) bond motifs is 5. The second-order valence-electron chi connectivity index (χ2n) is 6.19. The first-order valence-corrected chi connectivity index (χ1v) is 8.71. The quantitative estimate of drug-likeness (QED) is 0.485. The third kappa shape index (κ3) is 1.98. The topological polar surface area (TPSA) is 41.6 Å². The molecule has 1 N–H and O–H groups in total. The summed E-state index contributed by atoms with van der Waals surface area (Å²) in [5, 5.41) is 10.8. The maximum absolute atomic E-state index is 6.22. The monoisotopic (exact) mass is 353 g/mol. The molecule has 0 fully saturated rings. The Balaban J connectivity index is 1.87. The van der Waals surface area contributed by atoms with Gasteiger partial charge in [-0.15, -0.1) is 0 Å². The van der Waals surface area contributed by atoms with E-state index >= 15 is 0 Å². The van der Waals surface area contributed by atoms with E-state index in [1.165, 1.54) is 16.5 Å². The summed E-state index contributed by atoms with van der Waals surface area (Å²) in [5.74, 6) is 0. The molecular weight excluding hydrogens is 341 g/mol. The van der Waals surface area contributed by atoms with Crippen molar-refractivity contribution in [1.82, 2.24) is 15.2 Å². The van der Waals surface area contributed by atoms with Gasteiger partial charge in [-0.1, -0.05) is 29.3 Å². The molecule has 3 nitrogen and oxygen atoms in total. The Hall–Kier alpha value is -2.10. The minimum atomic E-state index is 0.563. The smallest absolute Gasteiger partial charge is 0.0744 e. The van der Waals surface area contributed by atoms with Crippen LogP contribution in [0.15, 0.2) is 36.5 Å². The highest BCUT2D eigenvalue weighted by atomic mass is 35.5. The highest BCUT2D eigenvalue weighted by Gasteiger charge is 2.22. The van der Waals surface area contributed by atoms with Crippen molar-refractivity contribution >= 4 is 45.0 Å². The highest BCUT2D eigenvalue weighted by molar-refractivity contribution is 6.42. The number of rotatable bonds is 1. The summed E-state index contributed by atoms with van der Waals surface area (Å²) in [7, 11) is 0. The van der Waals surface area contributed by atoms with Crippen LogP contribution in [-0.2, 0) is 12.8 Å². The van der Waals surface area contributed by atoms with Gasteiger partial charge in [0.2, 0.25) is 0 Å². The number of hydrogen-bond donors (Lipinski definition) is 1. The fourth-order valence-electron chi connectivity index (χ4n) is 3.77. The normalized spacial score (nSPS) is 13.8. The molecule has 0 saturated carbocycles. The van der Waals surface area contributed by atoms with Crippen molar-refractivity contribution in [2.75, 3.05) is 0 Å². The van der Waals surface area contributed by atoms with Crippen molar-refractivity contribution in [3.05, 3.63) is 57.7 Å². The minimum Gasteiger partial charge on any atom is -0.278 e. The molecule has 2 heterocycles. The molecule has 0 saturated heterocycles. The highest BCUT2D eigenvalue weighted by Crippen LogP contribution is 2.39. The van der Waals surface area contributed by atoms with Crippen LogP contribution in [0.1, 0.15) is 17.5 Å². The number of nitrogens with one attached hydrogen (secondary N) is 1. The summed E-state index contributed by atoms with van der Waals surface area (Å²) >= 11 is 12.3. The van der Waals surface area contributed by atoms with Gasteiger partial charge in [-0.25, -0.2) is 4.98 Å². The molecule has 5 heteroatoms. The Bertz CT molecular complexity index is 1110. The Kier molecular flexibility index (Phi) is 3.09. The van der Waals surface area contributed by atoms with E-state index in [1.807, 2.05) is 30.5 Å². The third-order valence-electron chi connectivity index (χ3n) is 4.83. The summed E-state index contributed by atoms with van der Waals surface area (Å²) in [6, 6.07) is 9.85. The molecule has 1 aliphatic rings. The summed E-state index contributed by atoms with van der Waals surface area (Å²) < 4.78 is 0. The first-order valence-electron chi connectivity index (χ1n) is 7.95. The van der Waals surface area contributed by atoms with Crippen LogP contribution in [-0.4, -0.2) is 15.2 Å². The second kappa shape index (κ2) is 5.20. The van der Waals surface area contributed by atoms with Gasteiger partial charge < -0.3 is 0 Å². The van der Waals surface area contributed by atoms with Crippen LogP contribution < -0.4 is 0 Å². The van der Waals surface area contributed by atoms with E-state index in [0.717, 1.165) is 46.9 Å². The molecule has 0 bridgehead atoms. The lowest BCUT2D eigenvalue weighted by Crippen LogP contribution is -1.96. The third-order valence-corrected chi connectivity index (χ3v) is 5.57. The van der Waals surface area contributed by atoms with E-state index in [0.29, 0.717) is 10.0 Å². The van der Waals surface area contributed by atoms with Crippen molar-refractivity contribution in [1.29, 1.82) is 0 Å². The number of aromatic amines is 1. The number of pyridine rings is 1. The number of aromatic nitrogens is 3. The Labute approximate surface area is 148 Å². The van der Waals surface area contributed by atoms with E-state index in [4.69, 9.17) is 28.2 Å². The molecule has 0 unspecified atom stereocenters. The van der Waals surface area contributed by atoms with Crippen LogP contribution in [0.4, 0.5) is 0 Å². The Morgan fingerprint density at radius 1 is 0.958 bits per heavy atom. The molecule has 118 valence electrons. The number of halogens is 2. The number of hydrogen-bond acceptors (Lipinski definition) is 2. The molecule has 4 aromatic rings. The number of nitrogens with zero attached hydrogens (tertiary/aromatic N) is 2. The SMILES string of the molecule is Clc1ccc(-c2nc3ccc4[nH]ncc4c3c3c2CCC3)cc1Cl.